The van der Waals surface area contributed by atoms with Crippen LogP contribution in [0.5, 0.6) is 0 Å². The maximum Gasteiger partial charge on any atom is 0.233 e. The van der Waals surface area contributed by atoms with Crippen molar-refractivity contribution in [3.05, 3.63) is 94.0 Å². The lowest BCUT2D eigenvalue weighted by Crippen LogP contribution is -2.33. The van der Waals surface area contributed by atoms with E-state index in [2.05, 4.69) is 60.6 Å². The average molecular weight is 554 g/mol. The topological polar surface area (TPSA) is 59.8 Å². The number of aromatic nitrogens is 3. The van der Waals surface area contributed by atoms with Crippen LogP contribution in [0.2, 0.25) is 10.0 Å². The Balaban J connectivity index is 1.59. The summed E-state index contributed by atoms with van der Waals surface area (Å²) < 4.78 is 2.00. The van der Waals surface area contributed by atoms with Crippen LogP contribution in [-0.4, -0.2) is 25.9 Å². The van der Waals surface area contributed by atoms with Crippen molar-refractivity contribution in [3.8, 4) is 17.1 Å². The summed E-state index contributed by atoms with van der Waals surface area (Å²) in [7, 11) is 0. The molecule has 2 atom stereocenters. The Morgan fingerprint density at radius 3 is 2.24 bits per heavy atom. The largest absolute Gasteiger partial charge is 0.349 e. The molecule has 0 radical (unpaired) electrons. The molecule has 0 aliphatic rings. The average Bonchev–Trinajstić information content (AvgIpc) is 3.27. The quantitative estimate of drug-likeness (QED) is 0.237. The van der Waals surface area contributed by atoms with E-state index in [4.69, 9.17) is 23.2 Å². The van der Waals surface area contributed by atoms with E-state index < -0.39 is 5.25 Å². The number of carbonyl (C=O) groups is 1. The minimum Gasteiger partial charge on any atom is -0.349 e. The van der Waals surface area contributed by atoms with E-state index in [0.29, 0.717) is 15.2 Å². The van der Waals surface area contributed by atoms with Gasteiger partial charge in [-0.1, -0.05) is 104 Å². The number of halogens is 2. The van der Waals surface area contributed by atoms with Crippen LogP contribution in [0.25, 0.3) is 17.1 Å². The number of amides is 1. The first-order valence-corrected chi connectivity index (χ1v) is 13.7. The standard InChI is InChI=1S/C29H30Cl2N4OS/c1-18(24-16-15-22(30)17-25(24)31)32-27(36)19(2)37-28-34-33-26(35(28)23-9-7-6-8-10-23)20-11-13-21(14-12-20)29(3,4)5/h6-19H,1-5H3,(H,32,36)/t18-,19-/m1/s1. The minimum absolute atomic E-state index is 0.0583. The normalized spacial score (nSPS) is 13.3. The number of nitrogens with zero attached hydrogens (tertiary/aromatic N) is 3. The molecule has 5 nitrogen and oxygen atoms in total. The lowest BCUT2D eigenvalue weighted by Gasteiger charge is -2.20. The zero-order chi connectivity index (χ0) is 26.7. The fraction of sp³-hybridized carbons (Fsp3) is 0.276. The van der Waals surface area contributed by atoms with Gasteiger partial charge in [-0.2, -0.15) is 0 Å². The summed E-state index contributed by atoms with van der Waals surface area (Å²) in [4.78, 5) is 13.1. The van der Waals surface area contributed by atoms with Crippen LogP contribution in [-0.2, 0) is 10.2 Å². The molecule has 8 heteroatoms. The molecule has 0 aliphatic carbocycles. The SMILES string of the molecule is C[C@@H](Sc1nnc(-c2ccc(C(C)(C)C)cc2)n1-c1ccccc1)C(=O)N[C@H](C)c1ccc(Cl)cc1Cl. The fourth-order valence-electron chi connectivity index (χ4n) is 3.94. The van der Waals surface area contributed by atoms with Crippen molar-refractivity contribution in [2.24, 2.45) is 0 Å². The van der Waals surface area contributed by atoms with Gasteiger partial charge in [0.05, 0.1) is 11.3 Å². The monoisotopic (exact) mass is 552 g/mol. The van der Waals surface area contributed by atoms with Crippen molar-refractivity contribution in [1.82, 2.24) is 20.1 Å². The minimum atomic E-state index is -0.420. The number of carbonyl (C=O) groups excluding carboxylic acids is 1. The van der Waals surface area contributed by atoms with Gasteiger partial charge < -0.3 is 5.32 Å². The highest BCUT2D eigenvalue weighted by molar-refractivity contribution is 8.00. The van der Waals surface area contributed by atoms with Crippen LogP contribution in [0, 0.1) is 0 Å². The molecule has 0 saturated heterocycles. The van der Waals surface area contributed by atoms with Gasteiger partial charge in [0.15, 0.2) is 11.0 Å². The number of benzene rings is 3. The zero-order valence-electron chi connectivity index (χ0n) is 21.5. The molecule has 0 unspecified atom stereocenters. The number of para-hydroxylation sites is 1. The van der Waals surface area contributed by atoms with Crippen molar-refractivity contribution in [2.75, 3.05) is 0 Å². The number of hydrogen-bond donors (Lipinski definition) is 1. The van der Waals surface area contributed by atoms with Crippen LogP contribution in [0.15, 0.2) is 78.0 Å². The summed E-state index contributed by atoms with van der Waals surface area (Å²) in [6, 6.07) is 23.4. The smallest absolute Gasteiger partial charge is 0.233 e. The van der Waals surface area contributed by atoms with Crippen molar-refractivity contribution in [1.29, 1.82) is 0 Å². The Kier molecular flexibility index (Phi) is 8.32. The van der Waals surface area contributed by atoms with Crippen LogP contribution in [0.4, 0.5) is 0 Å². The lowest BCUT2D eigenvalue weighted by atomic mass is 9.87. The third-order valence-corrected chi connectivity index (χ3v) is 7.70. The molecular formula is C29H30Cl2N4OS. The van der Waals surface area contributed by atoms with Crippen LogP contribution in [0.1, 0.15) is 51.8 Å². The number of hydrogen-bond acceptors (Lipinski definition) is 4. The molecule has 0 aliphatic heterocycles. The molecule has 37 heavy (non-hydrogen) atoms. The zero-order valence-corrected chi connectivity index (χ0v) is 23.8. The molecular weight excluding hydrogens is 523 g/mol. The number of rotatable bonds is 7. The first-order valence-electron chi connectivity index (χ1n) is 12.1. The van der Waals surface area contributed by atoms with Gasteiger partial charge in [0.1, 0.15) is 0 Å². The van der Waals surface area contributed by atoms with Crippen LogP contribution in [0.3, 0.4) is 0 Å². The Labute approximate surface area is 232 Å². The number of thioether (sulfide) groups is 1. The van der Waals surface area contributed by atoms with Crippen molar-refractivity contribution in [3.63, 3.8) is 0 Å². The highest BCUT2D eigenvalue weighted by atomic mass is 35.5. The van der Waals surface area contributed by atoms with E-state index in [1.165, 1.54) is 17.3 Å². The summed E-state index contributed by atoms with van der Waals surface area (Å²) in [5.74, 6) is 0.602. The van der Waals surface area contributed by atoms with E-state index in [1.807, 2.05) is 54.8 Å². The van der Waals surface area contributed by atoms with Crippen LogP contribution < -0.4 is 5.32 Å². The molecule has 192 valence electrons. The first-order chi connectivity index (χ1) is 17.5. The maximum absolute atomic E-state index is 13.1. The fourth-order valence-corrected chi connectivity index (χ4v) is 5.38. The molecule has 1 N–H and O–H groups in total. The maximum atomic E-state index is 13.1. The van der Waals surface area contributed by atoms with E-state index in [0.717, 1.165) is 22.6 Å². The van der Waals surface area contributed by atoms with Gasteiger partial charge in [0, 0.05) is 21.3 Å². The highest BCUT2D eigenvalue weighted by Gasteiger charge is 2.24. The van der Waals surface area contributed by atoms with Crippen LogP contribution >= 0.6 is 35.0 Å². The summed E-state index contributed by atoms with van der Waals surface area (Å²) in [5.41, 5.74) is 4.00. The predicted octanol–water partition coefficient (Wildman–Crippen LogP) is 7.90. The predicted molar refractivity (Wildman–Crippen MR) is 154 cm³/mol. The molecule has 4 rings (SSSR count). The van der Waals surface area contributed by atoms with Gasteiger partial charge in [-0.3, -0.25) is 9.36 Å². The lowest BCUT2D eigenvalue weighted by molar-refractivity contribution is -0.120. The third-order valence-electron chi connectivity index (χ3n) is 6.10. The summed E-state index contributed by atoms with van der Waals surface area (Å²) in [6.45, 7) is 10.3. The molecule has 4 aromatic rings. The van der Waals surface area contributed by atoms with Gasteiger partial charge in [-0.25, -0.2) is 0 Å². The molecule has 1 aromatic heterocycles. The van der Waals surface area contributed by atoms with E-state index >= 15 is 0 Å². The third kappa shape index (κ3) is 6.38. The Morgan fingerprint density at radius 1 is 0.946 bits per heavy atom. The first kappa shape index (κ1) is 27.2. The second-order valence-electron chi connectivity index (χ2n) is 9.96. The molecule has 1 amide bonds. The summed E-state index contributed by atoms with van der Waals surface area (Å²) in [6.07, 6.45) is 0. The van der Waals surface area contributed by atoms with Gasteiger partial charge in [0.25, 0.3) is 0 Å². The Morgan fingerprint density at radius 2 is 1.62 bits per heavy atom. The van der Waals surface area contributed by atoms with Gasteiger partial charge in [-0.05, 0) is 54.7 Å². The van der Waals surface area contributed by atoms with E-state index in [-0.39, 0.29) is 17.4 Å². The molecule has 0 spiro atoms. The Bertz CT molecular complexity index is 1380. The molecule has 0 bridgehead atoms. The summed E-state index contributed by atoms with van der Waals surface area (Å²) >= 11 is 13.7. The van der Waals surface area contributed by atoms with Crippen molar-refractivity contribution >= 4 is 40.9 Å². The second-order valence-corrected chi connectivity index (χ2v) is 12.1. The molecule has 3 aromatic carbocycles. The van der Waals surface area contributed by atoms with Crippen molar-refractivity contribution < 1.29 is 4.79 Å². The molecule has 0 fully saturated rings. The van der Waals surface area contributed by atoms with Gasteiger partial charge >= 0.3 is 0 Å². The highest BCUT2D eigenvalue weighted by Crippen LogP contribution is 2.32. The Hall–Kier alpha value is -2.80. The van der Waals surface area contributed by atoms with Gasteiger partial charge in [-0.15, -0.1) is 10.2 Å². The van der Waals surface area contributed by atoms with E-state index in [1.54, 1.807) is 12.1 Å². The number of nitrogens with one attached hydrogen (secondary N) is 1. The molecule has 0 saturated carbocycles. The van der Waals surface area contributed by atoms with E-state index in [9.17, 15) is 4.79 Å². The molecule has 1 heterocycles. The van der Waals surface area contributed by atoms with Gasteiger partial charge in [0.2, 0.25) is 5.91 Å². The van der Waals surface area contributed by atoms with Crippen molar-refractivity contribution in [2.45, 2.75) is 56.5 Å². The summed E-state index contributed by atoms with van der Waals surface area (Å²) in [5, 5.41) is 13.4. The second kappa shape index (κ2) is 11.3.